The number of hydrogen-bond acceptors (Lipinski definition) is 4. The summed E-state index contributed by atoms with van der Waals surface area (Å²) in [7, 11) is 4.01. The van der Waals surface area contributed by atoms with Crippen LogP contribution in [-0.4, -0.2) is 51.5 Å². The molecule has 1 aromatic rings. The Morgan fingerprint density at radius 1 is 1.50 bits per heavy atom. The zero-order chi connectivity index (χ0) is 12.0. The van der Waals surface area contributed by atoms with Crippen molar-refractivity contribution in [3.63, 3.8) is 0 Å². The van der Waals surface area contributed by atoms with Crippen LogP contribution < -0.4 is 0 Å². The van der Waals surface area contributed by atoms with E-state index in [0.29, 0.717) is 6.42 Å². The van der Waals surface area contributed by atoms with Crippen LogP contribution in [0, 0.1) is 0 Å². The van der Waals surface area contributed by atoms with Crippen molar-refractivity contribution in [2.75, 3.05) is 20.6 Å². The summed E-state index contributed by atoms with van der Waals surface area (Å²) >= 11 is 0. The van der Waals surface area contributed by atoms with E-state index >= 15 is 0 Å². The van der Waals surface area contributed by atoms with E-state index < -0.39 is 0 Å². The zero-order valence-corrected chi connectivity index (χ0v) is 10.4. The van der Waals surface area contributed by atoms with Gasteiger partial charge in [-0.15, -0.1) is 0 Å². The van der Waals surface area contributed by atoms with Gasteiger partial charge in [0.1, 0.15) is 12.2 Å². The first-order chi connectivity index (χ1) is 7.63. The molecule has 0 aliphatic heterocycles. The van der Waals surface area contributed by atoms with Gasteiger partial charge in [-0.1, -0.05) is 6.92 Å². The average Bonchev–Trinajstić information content (AvgIpc) is 2.63. The maximum Gasteiger partial charge on any atom is 0.138 e. The van der Waals surface area contributed by atoms with Crippen LogP contribution in [0.1, 0.15) is 25.6 Å². The molecule has 0 saturated carbocycles. The first-order valence-electron chi connectivity index (χ1n) is 5.83. The van der Waals surface area contributed by atoms with Crippen molar-refractivity contribution in [2.45, 2.75) is 38.8 Å². The molecule has 0 aliphatic carbocycles. The van der Waals surface area contributed by atoms with Crippen molar-refractivity contribution in [1.29, 1.82) is 0 Å². The SMILES string of the molecule is CCCn1ncnc1CC(O)CCN(C)C. The molecule has 0 spiro atoms. The van der Waals surface area contributed by atoms with Crippen molar-refractivity contribution >= 4 is 0 Å². The molecule has 0 amide bonds. The van der Waals surface area contributed by atoms with Gasteiger partial charge in [0.2, 0.25) is 0 Å². The molecule has 1 unspecified atom stereocenters. The van der Waals surface area contributed by atoms with Crippen LogP contribution in [0.2, 0.25) is 0 Å². The Hall–Kier alpha value is -0.940. The Bertz CT molecular complexity index is 298. The molecule has 0 aromatic carbocycles. The molecule has 1 heterocycles. The van der Waals surface area contributed by atoms with Crippen LogP contribution in [0.15, 0.2) is 6.33 Å². The maximum absolute atomic E-state index is 9.85. The second-order valence-corrected chi connectivity index (χ2v) is 4.35. The van der Waals surface area contributed by atoms with E-state index in [9.17, 15) is 5.11 Å². The van der Waals surface area contributed by atoms with Gasteiger partial charge in [-0.2, -0.15) is 5.10 Å². The topological polar surface area (TPSA) is 54.2 Å². The smallest absolute Gasteiger partial charge is 0.138 e. The molecule has 92 valence electrons. The lowest BCUT2D eigenvalue weighted by Gasteiger charge is -2.14. The minimum absolute atomic E-state index is 0.331. The Morgan fingerprint density at radius 3 is 2.88 bits per heavy atom. The van der Waals surface area contributed by atoms with Gasteiger partial charge in [-0.3, -0.25) is 4.68 Å². The van der Waals surface area contributed by atoms with Crippen molar-refractivity contribution in [3.05, 3.63) is 12.2 Å². The zero-order valence-electron chi connectivity index (χ0n) is 10.4. The fourth-order valence-electron chi connectivity index (χ4n) is 1.56. The number of aliphatic hydroxyl groups is 1. The van der Waals surface area contributed by atoms with E-state index in [-0.39, 0.29) is 6.10 Å². The summed E-state index contributed by atoms with van der Waals surface area (Å²) in [6.45, 7) is 3.87. The second-order valence-electron chi connectivity index (χ2n) is 4.35. The van der Waals surface area contributed by atoms with Gasteiger partial charge in [-0.05, 0) is 33.5 Å². The van der Waals surface area contributed by atoms with E-state index in [1.54, 1.807) is 6.33 Å². The van der Waals surface area contributed by atoms with E-state index in [0.717, 1.165) is 31.8 Å². The van der Waals surface area contributed by atoms with Crippen molar-refractivity contribution < 1.29 is 5.11 Å². The maximum atomic E-state index is 9.85. The summed E-state index contributed by atoms with van der Waals surface area (Å²) < 4.78 is 1.87. The van der Waals surface area contributed by atoms with Gasteiger partial charge in [-0.25, -0.2) is 4.98 Å². The van der Waals surface area contributed by atoms with Gasteiger partial charge in [0.25, 0.3) is 0 Å². The molecule has 1 N–H and O–H groups in total. The lowest BCUT2D eigenvalue weighted by molar-refractivity contribution is 0.148. The molecular weight excluding hydrogens is 204 g/mol. The molecule has 5 nitrogen and oxygen atoms in total. The number of hydrogen-bond donors (Lipinski definition) is 1. The highest BCUT2D eigenvalue weighted by atomic mass is 16.3. The average molecular weight is 226 g/mol. The largest absolute Gasteiger partial charge is 0.393 e. The van der Waals surface area contributed by atoms with Crippen molar-refractivity contribution in [3.8, 4) is 0 Å². The highest BCUT2D eigenvalue weighted by Gasteiger charge is 2.11. The third-order valence-corrected chi connectivity index (χ3v) is 2.46. The number of nitrogens with zero attached hydrogens (tertiary/aromatic N) is 4. The van der Waals surface area contributed by atoms with Crippen molar-refractivity contribution in [2.24, 2.45) is 0 Å². The fourth-order valence-corrected chi connectivity index (χ4v) is 1.56. The summed E-state index contributed by atoms with van der Waals surface area (Å²) in [6, 6.07) is 0. The molecule has 5 heteroatoms. The van der Waals surface area contributed by atoms with E-state index in [1.807, 2.05) is 18.8 Å². The number of aryl methyl sites for hydroxylation is 1. The van der Waals surface area contributed by atoms with Crippen molar-refractivity contribution in [1.82, 2.24) is 19.7 Å². The van der Waals surface area contributed by atoms with Gasteiger partial charge < -0.3 is 10.0 Å². The van der Waals surface area contributed by atoms with E-state index in [4.69, 9.17) is 0 Å². The van der Waals surface area contributed by atoms with Crippen LogP contribution in [0.4, 0.5) is 0 Å². The number of rotatable bonds is 7. The Morgan fingerprint density at radius 2 is 2.25 bits per heavy atom. The molecule has 16 heavy (non-hydrogen) atoms. The Labute approximate surface area is 97.1 Å². The summed E-state index contributed by atoms with van der Waals surface area (Å²) in [4.78, 5) is 6.25. The third-order valence-electron chi connectivity index (χ3n) is 2.46. The van der Waals surface area contributed by atoms with Crippen LogP contribution in [0.5, 0.6) is 0 Å². The van der Waals surface area contributed by atoms with Crippen LogP contribution >= 0.6 is 0 Å². The van der Waals surface area contributed by atoms with Gasteiger partial charge in [0, 0.05) is 13.0 Å². The fraction of sp³-hybridized carbons (Fsp3) is 0.818. The van der Waals surface area contributed by atoms with Gasteiger partial charge in [0.15, 0.2) is 0 Å². The molecule has 0 saturated heterocycles. The standard InChI is InChI=1S/C11H22N4O/c1-4-6-15-11(12-9-13-15)8-10(16)5-7-14(2)3/h9-10,16H,4-8H2,1-3H3. The van der Waals surface area contributed by atoms with Crippen LogP contribution in [0.25, 0.3) is 0 Å². The minimum atomic E-state index is -0.331. The lowest BCUT2D eigenvalue weighted by Crippen LogP contribution is -2.22. The van der Waals surface area contributed by atoms with Crippen LogP contribution in [0.3, 0.4) is 0 Å². The molecule has 1 aromatic heterocycles. The number of aromatic nitrogens is 3. The van der Waals surface area contributed by atoms with Gasteiger partial charge in [0.05, 0.1) is 6.10 Å². The third kappa shape index (κ3) is 4.28. The van der Waals surface area contributed by atoms with E-state index in [2.05, 4.69) is 21.9 Å². The first-order valence-corrected chi connectivity index (χ1v) is 5.83. The predicted molar refractivity (Wildman–Crippen MR) is 63.2 cm³/mol. The summed E-state index contributed by atoms with van der Waals surface area (Å²) in [5, 5.41) is 14.0. The second kappa shape index (κ2) is 6.60. The molecule has 0 fully saturated rings. The number of aliphatic hydroxyl groups excluding tert-OH is 1. The van der Waals surface area contributed by atoms with Crippen LogP contribution in [-0.2, 0) is 13.0 Å². The Balaban J connectivity index is 2.42. The lowest BCUT2D eigenvalue weighted by atomic mass is 10.1. The van der Waals surface area contributed by atoms with E-state index in [1.165, 1.54) is 0 Å². The van der Waals surface area contributed by atoms with Gasteiger partial charge >= 0.3 is 0 Å². The molecular formula is C11H22N4O. The first kappa shape index (κ1) is 13.1. The highest BCUT2D eigenvalue weighted by molar-refractivity contribution is 4.87. The monoisotopic (exact) mass is 226 g/mol. The Kier molecular flexibility index (Phi) is 5.42. The molecule has 1 rings (SSSR count). The summed E-state index contributed by atoms with van der Waals surface area (Å²) in [6.07, 6.45) is 3.62. The molecule has 0 aliphatic rings. The predicted octanol–water partition coefficient (Wildman–Crippen LogP) is 0.543. The summed E-state index contributed by atoms with van der Waals surface area (Å²) in [5.41, 5.74) is 0. The molecule has 0 radical (unpaired) electrons. The molecule has 0 bridgehead atoms. The normalized spacial score (nSPS) is 13.3. The minimum Gasteiger partial charge on any atom is -0.393 e. The summed E-state index contributed by atoms with van der Waals surface area (Å²) in [5.74, 6) is 0.883. The quantitative estimate of drug-likeness (QED) is 0.737. The highest BCUT2D eigenvalue weighted by Crippen LogP contribution is 2.04. The molecule has 1 atom stereocenters.